The lowest BCUT2D eigenvalue weighted by molar-refractivity contribution is -0.149. The smallest absolute Gasteiger partial charge is 0.323 e. The van der Waals surface area contributed by atoms with Gasteiger partial charge in [0.05, 0.1) is 12.1 Å². The molecule has 8 heteroatoms. The van der Waals surface area contributed by atoms with Crippen molar-refractivity contribution >= 4 is 17.8 Å². The third-order valence-electron chi connectivity index (χ3n) is 2.99. The highest BCUT2D eigenvalue weighted by molar-refractivity contribution is 5.86. The molecule has 8 nitrogen and oxygen atoms in total. The number of amides is 1. The number of nitrogens with zero attached hydrogens (tertiary/aromatic N) is 3. The first kappa shape index (κ1) is 15.7. The van der Waals surface area contributed by atoms with Crippen molar-refractivity contribution in [3.8, 4) is 0 Å². The molecule has 0 aromatic carbocycles. The number of aromatic nitrogens is 2. The van der Waals surface area contributed by atoms with Crippen LogP contribution in [-0.2, 0) is 27.9 Å². The highest BCUT2D eigenvalue weighted by Crippen LogP contribution is 2.13. The quantitative estimate of drug-likeness (QED) is 0.733. The molecule has 20 heavy (non-hydrogen) atoms. The van der Waals surface area contributed by atoms with Gasteiger partial charge >= 0.3 is 11.9 Å². The lowest BCUT2D eigenvalue weighted by Crippen LogP contribution is -2.40. The number of carboxylic acid groups (broad SMARTS) is 2. The average molecular weight is 283 g/mol. The maximum absolute atomic E-state index is 12.1. The van der Waals surface area contributed by atoms with Crippen LogP contribution in [-0.4, -0.2) is 55.8 Å². The Labute approximate surface area is 115 Å². The number of carboxylic acids is 2. The second-order valence-electron chi connectivity index (χ2n) is 4.49. The van der Waals surface area contributed by atoms with Gasteiger partial charge in [-0.15, -0.1) is 0 Å². The van der Waals surface area contributed by atoms with Crippen molar-refractivity contribution in [2.24, 2.45) is 7.05 Å². The molecular weight excluding hydrogens is 266 g/mol. The molecule has 0 bridgehead atoms. The number of carbonyl (C=O) groups is 3. The van der Waals surface area contributed by atoms with Crippen LogP contribution in [0.3, 0.4) is 0 Å². The number of aliphatic carboxylic acids is 2. The maximum atomic E-state index is 12.1. The van der Waals surface area contributed by atoms with Crippen LogP contribution in [0.4, 0.5) is 0 Å². The monoisotopic (exact) mass is 283 g/mol. The van der Waals surface area contributed by atoms with Crippen LogP contribution >= 0.6 is 0 Å². The largest absolute Gasteiger partial charge is 0.480 e. The summed E-state index contributed by atoms with van der Waals surface area (Å²) in [6, 6.07) is 0. The van der Waals surface area contributed by atoms with Crippen LogP contribution < -0.4 is 0 Å². The van der Waals surface area contributed by atoms with Gasteiger partial charge in [-0.3, -0.25) is 19.1 Å². The zero-order chi connectivity index (χ0) is 15.4. The van der Waals surface area contributed by atoms with Gasteiger partial charge in [-0.05, 0) is 13.8 Å². The molecule has 0 aliphatic rings. The van der Waals surface area contributed by atoms with E-state index in [0.717, 1.165) is 10.6 Å². The summed E-state index contributed by atoms with van der Waals surface area (Å²) in [5, 5.41) is 21.6. The van der Waals surface area contributed by atoms with Gasteiger partial charge in [-0.1, -0.05) is 0 Å². The molecule has 1 amide bonds. The van der Waals surface area contributed by atoms with Crippen molar-refractivity contribution in [1.82, 2.24) is 14.7 Å². The predicted octanol–water partition coefficient (Wildman–Crippen LogP) is -0.423. The Balaban J connectivity index is 2.89. The molecule has 0 aliphatic heterocycles. The molecule has 0 unspecified atom stereocenters. The zero-order valence-electron chi connectivity index (χ0n) is 11.6. The fraction of sp³-hybridized carbons (Fsp3) is 0.500. The first-order valence-corrected chi connectivity index (χ1v) is 5.92. The normalized spacial score (nSPS) is 10.3. The molecule has 1 heterocycles. The topological polar surface area (TPSA) is 113 Å². The minimum atomic E-state index is -1.25. The molecule has 0 aliphatic carbocycles. The Kier molecular flexibility index (Phi) is 4.84. The molecule has 0 atom stereocenters. The zero-order valence-corrected chi connectivity index (χ0v) is 11.6. The van der Waals surface area contributed by atoms with E-state index >= 15 is 0 Å². The molecular formula is C12H17N3O5. The Morgan fingerprint density at radius 2 is 1.65 bits per heavy atom. The third-order valence-corrected chi connectivity index (χ3v) is 2.99. The fourth-order valence-corrected chi connectivity index (χ4v) is 1.90. The second-order valence-corrected chi connectivity index (χ2v) is 4.49. The van der Waals surface area contributed by atoms with E-state index in [-0.39, 0.29) is 6.42 Å². The van der Waals surface area contributed by atoms with E-state index in [0.29, 0.717) is 11.3 Å². The fourth-order valence-electron chi connectivity index (χ4n) is 1.90. The molecule has 1 rings (SSSR count). The van der Waals surface area contributed by atoms with Gasteiger partial charge in [0.15, 0.2) is 0 Å². The first-order valence-electron chi connectivity index (χ1n) is 5.92. The van der Waals surface area contributed by atoms with E-state index in [2.05, 4.69) is 5.10 Å². The van der Waals surface area contributed by atoms with E-state index in [1.54, 1.807) is 25.6 Å². The molecule has 0 radical (unpaired) electrons. The Hall–Kier alpha value is -2.38. The van der Waals surface area contributed by atoms with Gasteiger partial charge < -0.3 is 15.1 Å². The van der Waals surface area contributed by atoms with Crippen molar-refractivity contribution in [1.29, 1.82) is 0 Å². The number of hydrogen-bond acceptors (Lipinski definition) is 4. The second kappa shape index (κ2) is 6.18. The summed E-state index contributed by atoms with van der Waals surface area (Å²) >= 11 is 0. The van der Waals surface area contributed by atoms with Crippen molar-refractivity contribution in [3.05, 3.63) is 17.0 Å². The summed E-state index contributed by atoms with van der Waals surface area (Å²) in [6.45, 7) is 2.27. The maximum Gasteiger partial charge on any atom is 0.323 e. The number of aryl methyl sites for hydroxylation is 2. The van der Waals surface area contributed by atoms with Crippen LogP contribution in [0.2, 0.25) is 0 Å². The van der Waals surface area contributed by atoms with Crippen molar-refractivity contribution in [2.45, 2.75) is 20.3 Å². The number of hydrogen-bond donors (Lipinski definition) is 2. The Morgan fingerprint density at radius 3 is 2.00 bits per heavy atom. The lowest BCUT2D eigenvalue weighted by Gasteiger charge is -2.18. The number of rotatable bonds is 6. The molecule has 0 spiro atoms. The van der Waals surface area contributed by atoms with Gasteiger partial charge in [0.2, 0.25) is 5.91 Å². The Morgan fingerprint density at radius 1 is 1.15 bits per heavy atom. The summed E-state index contributed by atoms with van der Waals surface area (Å²) in [7, 11) is 1.74. The molecule has 0 saturated carbocycles. The van der Waals surface area contributed by atoms with Crippen molar-refractivity contribution < 1.29 is 24.6 Å². The summed E-state index contributed by atoms with van der Waals surface area (Å²) in [5.41, 5.74) is 2.16. The van der Waals surface area contributed by atoms with Crippen molar-refractivity contribution in [2.75, 3.05) is 13.1 Å². The molecule has 2 N–H and O–H groups in total. The summed E-state index contributed by atoms with van der Waals surface area (Å²) in [5.74, 6) is -3.05. The Bertz CT molecular complexity index is 534. The summed E-state index contributed by atoms with van der Waals surface area (Å²) < 4.78 is 1.62. The van der Waals surface area contributed by atoms with E-state index in [1.165, 1.54) is 0 Å². The van der Waals surface area contributed by atoms with Gasteiger partial charge in [-0.2, -0.15) is 5.10 Å². The third kappa shape index (κ3) is 3.81. The van der Waals surface area contributed by atoms with Crippen LogP contribution in [0, 0.1) is 13.8 Å². The lowest BCUT2D eigenvalue weighted by atomic mass is 10.1. The van der Waals surface area contributed by atoms with Gasteiger partial charge in [0.1, 0.15) is 13.1 Å². The van der Waals surface area contributed by atoms with Crippen molar-refractivity contribution in [3.63, 3.8) is 0 Å². The standard InChI is InChI=1S/C12H17N3O5/c1-7-9(8(2)14(3)13-7)4-10(16)15(5-11(17)18)6-12(19)20/h4-6H2,1-3H3,(H,17,18)(H,19,20). The first-order chi connectivity index (χ1) is 9.22. The molecule has 1 aromatic heterocycles. The summed E-state index contributed by atoms with van der Waals surface area (Å²) in [4.78, 5) is 34.2. The van der Waals surface area contributed by atoms with E-state index in [4.69, 9.17) is 10.2 Å². The van der Waals surface area contributed by atoms with Crippen LogP contribution in [0.25, 0.3) is 0 Å². The van der Waals surface area contributed by atoms with Crippen LogP contribution in [0.5, 0.6) is 0 Å². The SMILES string of the molecule is Cc1nn(C)c(C)c1CC(=O)N(CC(=O)O)CC(=O)O. The van der Waals surface area contributed by atoms with Gasteiger partial charge in [-0.25, -0.2) is 0 Å². The highest BCUT2D eigenvalue weighted by Gasteiger charge is 2.22. The van der Waals surface area contributed by atoms with E-state index in [1.807, 2.05) is 0 Å². The minimum Gasteiger partial charge on any atom is -0.480 e. The van der Waals surface area contributed by atoms with Gasteiger partial charge in [0, 0.05) is 18.3 Å². The van der Waals surface area contributed by atoms with Crippen LogP contribution in [0.1, 0.15) is 17.0 Å². The van der Waals surface area contributed by atoms with E-state index in [9.17, 15) is 14.4 Å². The predicted molar refractivity (Wildman–Crippen MR) is 68.2 cm³/mol. The molecule has 110 valence electrons. The molecule has 0 saturated heterocycles. The van der Waals surface area contributed by atoms with E-state index < -0.39 is 30.9 Å². The number of carbonyl (C=O) groups excluding carboxylic acids is 1. The molecule has 1 aromatic rings. The average Bonchev–Trinajstić information content (AvgIpc) is 2.54. The minimum absolute atomic E-state index is 0.0634. The summed E-state index contributed by atoms with van der Waals surface area (Å²) in [6.07, 6.45) is -0.0634. The van der Waals surface area contributed by atoms with Crippen LogP contribution in [0.15, 0.2) is 0 Å². The molecule has 0 fully saturated rings. The highest BCUT2D eigenvalue weighted by atomic mass is 16.4. The van der Waals surface area contributed by atoms with Gasteiger partial charge in [0.25, 0.3) is 0 Å².